The van der Waals surface area contributed by atoms with Crippen LogP contribution in [-0.4, -0.2) is 52.9 Å². The number of halogens is 5. The second-order valence-electron chi connectivity index (χ2n) is 9.54. The van der Waals surface area contributed by atoms with Crippen LogP contribution in [0.25, 0.3) is 17.1 Å². The van der Waals surface area contributed by atoms with E-state index in [2.05, 4.69) is 32.3 Å². The van der Waals surface area contributed by atoms with E-state index in [1.54, 1.807) is 62.3 Å². The van der Waals surface area contributed by atoms with Crippen molar-refractivity contribution in [3.63, 3.8) is 0 Å². The fraction of sp³-hybridized carbons (Fsp3) is 0.308. The third kappa shape index (κ3) is 6.27. The third-order valence-corrected chi connectivity index (χ3v) is 5.96. The Morgan fingerprint density at radius 2 is 1.38 bits per heavy atom. The summed E-state index contributed by atoms with van der Waals surface area (Å²) in [6.07, 6.45) is -2.15. The topological polar surface area (TPSA) is 63.0 Å². The van der Waals surface area contributed by atoms with Gasteiger partial charge in [0.1, 0.15) is 11.9 Å². The van der Waals surface area contributed by atoms with Crippen molar-refractivity contribution < 1.29 is 43.0 Å². The van der Waals surface area contributed by atoms with Crippen LogP contribution >= 0.6 is 0 Å². The molecule has 0 radical (unpaired) electrons. The number of aromatic nitrogens is 5. The molecule has 0 aliphatic heterocycles. The van der Waals surface area contributed by atoms with E-state index in [4.69, 9.17) is 0 Å². The maximum absolute atomic E-state index is 14.5. The molecule has 13 heteroatoms. The van der Waals surface area contributed by atoms with Gasteiger partial charge in [-0.1, -0.05) is 30.0 Å². The van der Waals surface area contributed by atoms with Gasteiger partial charge < -0.3 is 19.5 Å². The summed E-state index contributed by atoms with van der Waals surface area (Å²) in [5, 5.41) is 3.61. The predicted molar refractivity (Wildman–Crippen MR) is 132 cm³/mol. The van der Waals surface area contributed by atoms with E-state index >= 15 is 0 Å². The quantitative estimate of drug-likeness (QED) is 0.157. The van der Waals surface area contributed by atoms with Crippen LogP contribution in [0, 0.1) is 24.2 Å². The third-order valence-electron chi connectivity index (χ3n) is 5.96. The first kappa shape index (κ1) is 30.1. The number of nitrogens with zero attached hydrogens (tertiary/aromatic N) is 7. The van der Waals surface area contributed by atoms with E-state index in [1.165, 1.54) is 0 Å². The fourth-order valence-corrected chi connectivity index (χ4v) is 3.64. The van der Waals surface area contributed by atoms with Gasteiger partial charge in [-0.2, -0.15) is 13.2 Å². The molecule has 0 saturated heterocycles. The van der Waals surface area contributed by atoms with Crippen molar-refractivity contribution in [1.29, 1.82) is 0 Å². The molecule has 0 aliphatic rings. The number of hydrogen-bond acceptors (Lipinski definition) is 6. The molecule has 4 heterocycles. The van der Waals surface area contributed by atoms with Crippen molar-refractivity contribution in [2.24, 2.45) is 0 Å². The van der Waals surface area contributed by atoms with Crippen LogP contribution in [0.1, 0.15) is 30.9 Å². The van der Waals surface area contributed by atoms with Crippen molar-refractivity contribution in [3.8, 4) is 17.1 Å². The predicted octanol–water partition coefficient (Wildman–Crippen LogP) is 5.08. The van der Waals surface area contributed by atoms with Crippen LogP contribution in [0.4, 0.5) is 33.3 Å². The Bertz CT molecular complexity index is 1480. The van der Waals surface area contributed by atoms with Crippen LogP contribution in [-0.2, 0) is 32.7 Å². The standard InChI is InChI=1S/C26H24F5N7.Pt/c1-25(2,20-12-15(36(3)4)11-18(32-20)17-7-8-22(27)34-24(17)28)21-13-16(37(5)6)14-23(33-21)38-10-9-19(35-38)26(29,30)31;/h8-9,11-14H,1-6H3;/q-2;+2. The fourth-order valence-electron chi connectivity index (χ4n) is 3.64. The van der Waals surface area contributed by atoms with Gasteiger partial charge in [0, 0.05) is 56.4 Å². The average molecular weight is 725 g/mol. The van der Waals surface area contributed by atoms with Gasteiger partial charge in [-0.3, -0.25) is 15.1 Å². The van der Waals surface area contributed by atoms with Crippen LogP contribution in [0.5, 0.6) is 0 Å². The molecule has 0 fully saturated rings. The first-order valence-corrected chi connectivity index (χ1v) is 11.4. The number of anilines is 2. The molecule has 4 aromatic heterocycles. The Hall–Kier alpha value is -3.40. The molecule has 7 nitrogen and oxygen atoms in total. The maximum Gasteiger partial charge on any atom is 2.00 e. The van der Waals surface area contributed by atoms with Gasteiger partial charge in [-0.15, -0.1) is 12.1 Å². The summed E-state index contributed by atoms with van der Waals surface area (Å²) in [4.78, 5) is 16.1. The zero-order chi connectivity index (χ0) is 28.0. The van der Waals surface area contributed by atoms with Crippen molar-refractivity contribution in [2.45, 2.75) is 25.4 Å². The molecule has 0 saturated carbocycles. The monoisotopic (exact) mass is 724 g/mol. The molecular formula is C26H24F5N7Pt. The van der Waals surface area contributed by atoms with E-state index in [1.807, 2.05) is 13.8 Å². The summed E-state index contributed by atoms with van der Waals surface area (Å²) in [5.74, 6) is -1.93. The number of pyridine rings is 3. The van der Waals surface area contributed by atoms with Crippen molar-refractivity contribution in [2.75, 3.05) is 38.0 Å². The summed E-state index contributed by atoms with van der Waals surface area (Å²) < 4.78 is 68.4. The molecular weight excluding hydrogens is 700 g/mol. The zero-order valence-electron chi connectivity index (χ0n) is 21.8. The average Bonchev–Trinajstić information content (AvgIpc) is 3.34. The van der Waals surface area contributed by atoms with Gasteiger partial charge in [0.05, 0.1) is 11.5 Å². The Balaban J connectivity index is 0.00000420. The van der Waals surface area contributed by atoms with E-state index in [9.17, 15) is 22.0 Å². The minimum atomic E-state index is -4.63. The summed E-state index contributed by atoms with van der Waals surface area (Å²) in [6.45, 7) is 3.67. The number of hydrogen-bond donors (Lipinski definition) is 0. The first-order valence-electron chi connectivity index (χ1n) is 11.4. The molecule has 0 aromatic carbocycles. The minimum absolute atomic E-state index is 0. The van der Waals surface area contributed by atoms with E-state index in [0.717, 1.165) is 16.8 Å². The molecule has 0 spiro atoms. The Morgan fingerprint density at radius 3 is 1.92 bits per heavy atom. The molecule has 208 valence electrons. The van der Waals surface area contributed by atoms with E-state index in [-0.39, 0.29) is 38.1 Å². The van der Waals surface area contributed by atoms with Gasteiger partial charge in [0.25, 0.3) is 0 Å². The van der Waals surface area contributed by atoms with Crippen molar-refractivity contribution in [3.05, 3.63) is 77.6 Å². The Kier molecular flexibility index (Phi) is 8.50. The van der Waals surface area contributed by atoms with Gasteiger partial charge >= 0.3 is 27.2 Å². The largest absolute Gasteiger partial charge is 2.00 e. The molecule has 4 rings (SSSR count). The molecule has 39 heavy (non-hydrogen) atoms. The summed E-state index contributed by atoms with van der Waals surface area (Å²) in [6, 6.07) is 11.0. The second-order valence-corrected chi connectivity index (χ2v) is 9.54. The van der Waals surface area contributed by atoms with Crippen molar-refractivity contribution in [1.82, 2.24) is 24.7 Å². The smallest absolute Gasteiger partial charge is 0.378 e. The van der Waals surface area contributed by atoms with Gasteiger partial charge in [-0.05, 0) is 31.7 Å². The van der Waals surface area contributed by atoms with Crippen molar-refractivity contribution >= 4 is 11.4 Å². The molecule has 0 amide bonds. The van der Waals surface area contributed by atoms with Crippen LogP contribution in [0.3, 0.4) is 0 Å². The summed E-state index contributed by atoms with van der Waals surface area (Å²) >= 11 is 0. The normalized spacial score (nSPS) is 11.8. The van der Waals surface area contributed by atoms with Crippen LogP contribution in [0.2, 0.25) is 0 Å². The number of rotatable bonds is 6. The minimum Gasteiger partial charge on any atom is -0.378 e. The first-order chi connectivity index (χ1) is 17.7. The van der Waals surface area contributed by atoms with E-state index < -0.39 is 29.2 Å². The summed E-state index contributed by atoms with van der Waals surface area (Å²) in [7, 11) is 7.17. The van der Waals surface area contributed by atoms with Crippen LogP contribution in [0.15, 0.2) is 36.4 Å². The Labute approximate surface area is 237 Å². The van der Waals surface area contributed by atoms with Gasteiger partial charge in [-0.25, -0.2) is 8.78 Å². The van der Waals surface area contributed by atoms with E-state index in [0.29, 0.717) is 22.8 Å². The van der Waals surface area contributed by atoms with Gasteiger partial charge in [0.2, 0.25) is 0 Å². The second kappa shape index (κ2) is 11.0. The molecule has 0 N–H and O–H groups in total. The molecule has 4 aromatic rings. The molecule has 0 unspecified atom stereocenters. The van der Waals surface area contributed by atoms with Gasteiger partial charge in [0.15, 0.2) is 0 Å². The Morgan fingerprint density at radius 1 is 0.795 bits per heavy atom. The summed E-state index contributed by atoms with van der Waals surface area (Å²) in [5.41, 5.74) is 0.337. The molecule has 0 aliphatic carbocycles. The molecule has 0 atom stereocenters. The SMILES string of the molecule is CN(C)c1cc(-c2[c-]cc(F)nc2F)nc(C(C)(C)c2cc(N(C)C)cc(-n3[c-]cc(C(F)(F)F)n3)n2)c1.[Pt+2]. The van der Waals surface area contributed by atoms with Crippen LogP contribution < -0.4 is 9.80 Å². The number of alkyl halides is 3. The maximum atomic E-state index is 14.5. The molecule has 0 bridgehead atoms. The zero-order valence-corrected chi connectivity index (χ0v) is 24.1.